The first-order chi connectivity index (χ1) is 4.99. The summed E-state index contributed by atoms with van der Waals surface area (Å²) in [6.45, 7) is 2.61. The molecule has 11 heavy (non-hydrogen) atoms. The van der Waals surface area contributed by atoms with E-state index in [2.05, 4.69) is 11.3 Å². The molecule has 0 aromatic heterocycles. The van der Waals surface area contributed by atoms with Crippen molar-refractivity contribution in [3.8, 4) is 0 Å². The van der Waals surface area contributed by atoms with Gasteiger partial charge in [0.05, 0.1) is 6.54 Å². The summed E-state index contributed by atoms with van der Waals surface area (Å²) in [5.74, 6) is -0.211. The summed E-state index contributed by atoms with van der Waals surface area (Å²) in [5.41, 5.74) is 0. The van der Waals surface area contributed by atoms with Crippen LogP contribution in [0.1, 0.15) is 6.42 Å². The van der Waals surface area contributed by atoms with E-state index >= 15 is 0 Å². The van der Waals surface area contributed by atoms with Gasteiger partial charge in [-0.1, -0.05) is 0 Å². The summed E-state index contributed by atoms with van der Waals surface area (Å²) in [7, 11) is 1.45. The smallest absolute Gasteiger partial charge is 0.390 e. The maximum Gasteiger partial charge on any atom is 0.574 e. The van der Waals surface area contributed by atoms with Crippen molar-refractivity contribution in [2.24, 2.45) is 0 Å². The molecule has 0 fully saturated rings. The standard InChI is InChI=1S/C6H6F3NO/c1-10-4-2-3-5(10)11-6(7,8)9/h3H,2H2,1H3. The van der Waals surface area contributed by atoms with Crippen LogP contribution in [0.4, 0.5) is 13.2 Å². The van der Waals surface area contributed by atoms with Crippen LogP contribution >= 0.6 is 0 Å². The first-order valence-electron chi connectivity index (χ1n) is 2.92. The molecule has 0 unspecified atom stereocenters. The average Bonchev–Trinajstić information content (AvgIpc) is 2.12. The Balaban J connectivity index is 2.49. The highest BCUT2D eigenvalue weighted by molar-refractivity contribution is 5.04. The number of rotatable bonds is 1. The fourth-order valence-corrected chi connectivity index (χ4v) is 0.713. The number of alkyl halides is 3. The average molecular weight is 165 g/mol. The van der Waals surface area contributed by atoms with Crippen molar-refractivity contribution in [3.05, 3.63) is 18.5 Å². The van der Waals surface area contributed by atoms with E-state index in [1.807, 2.05) is 0 Å². The van der Waals surface area contributed by atoms with Crippen LogP contribution in [0.15, 0.2) is 12.0 Å². The van der Waals surface area contributed by atoms with Crippen LogP contribution in [0.25, 0.3) is 0 Å². The molecule has 1 aliphatic rings. The van der Waals surface area contributed by atoms with Gasteiger partial charge in [0.25, 0.3) is 0 Å². The van der Waals surface area contributed by atoms with Gasteiger partial charge in [0.1, 0.15) is 0 Å². The predicted molar refractivity (Wildman–Crippen MR) is 30.8 cm³/mol. The molecule has 1 rings (SSSR count). The Kier molecular flexibility index (Phi) is 1.97. The van der Waals surface area contributed by atoms with E-state index in [0.717, 1.165) is 0 Å². The molecule has 1 heterocycles. The lowest BCUT2D eigenvalue weighted by Crippen LogP contribution is -2.20. The maximum absolute atomic E-state index is 11.6. The van der Waals surface area contributed by atoms with E-state index in [1.54, 1.807) is 0 Å². The predicted octanol–water partition coefficient (Wildman–Crippen LogP) is 1.74. The third kappa shape index (κ3) is 2.32. The van der Waals surface area contributed by atoms with E-state index < -0.39 is 6.36 Å². The van der Waals surface area contributed by atoms with E-state index in [-0.39, 0.29) is 5.88 Å². The first kappa shape index (κ1) is 8.23. The summed E-state index contributed by atoms with van der Waals surface area (Å²) in [6.07, 6.45) is -2.93. The quantitative estimate of drug-likeness (QED) is 0.586. The highest BCUT2D eigenvalue weighted by Gasteiger charge is 2.34. The largest absolute Gasteiger partial charge is 0.574 e. The van der Waals surface area contributed by atoms with Crippen LogP contribution in [0.5, 0.6) is 0 Å². The monoisotopic (exact) mass is 165 g/mol. The molecule has 62 valence electrons. The van der Waals surface area contributed by atoms with Crippen LogP contribution in [0.3, 0.4) is 0 Å². The van der Waals surface area contributed by atoms with Crippen molar-refractivity contribution in [1.29, 1.82) is 0 Å². The molecule has 2 nitrogen and oxygen atoms in total. The van der Waals surface area contributed by atoms with Gasteiger partial charge < -0.3 is 9.64 Å². The van der Waals surface area contributed by atoms with Crippen molar-refractivity contribution >= 4 is 0 Å². The summed E-state index contributed by atoms with van der Waals surface area (Å²) in [6, 6.07) is 0. The molecule has 0 amide bonds. The van der Waals surface area contributed by atoms with E-state index in [4.69, 9.17) is 0 Å². The van der Waals surface area contributed by atoms with Crippen LogP contribution in [-0.2, 0) is 4.74 Å². The third-order valence-electron chi connectivity index (χ3n) is 1.16. The molecule has 0 spiro atoms. The second-order valence-electron chi connectivity index (χ2n) is 2.01. The second-order valence-corrected chi connectivity index (χ2v) is 2.01. The minimum Gasteiger partial charge on any atom is -0.390 e. The Bertz CT molecular complexity index is 175. The number of nitrogens with zero attached hydrogens (tertiary/aromatic N) is 1. The fraction of sp³-hybridized carbons (Fsp3) is 0.500. The molecule has 0 atom stereocenters. The van der Waals surface area contributed by atoms with Crippen LogP contribution in [0, 0.1) is 6.54 Å². The molecule has 0 saturated carbocycles. The number of ether oxygens (including phenoxy) is 1. The topological polar surface area (TPSA) is 12.5 Å². The van der Waals surface area contributed by atoms with Gasteiger partial charge in [-0.3, -0.25) is 0 Å². The Labute approximate surface area is 62.2 Å². The molecule has 0 saturated heterocycles. The summed E-state index contributed by atoms with van der Waals surface area (Å²) in [4.78, 5) is 1.17. The number of hydrogen-bond donors (Lipinski definition) is 0. The Morgan fingerprint density at radius 3 is 2.64 bits per heavy atom. The highest BCUT2D eigenvalue weighted by Crippen LogP contribution is 2.26. The Morgan fingerprint density at radius 2 is 2.27 bits per heavy atom. The zero-order valence-electron chi connectivity index (χ0n) is 5.77. The SMILES string of the molecule is CN1[C]CC=C1OC(F)(F)F. The van der Waals surface area contributed by atoms with Crippen molar-refractivity contribution in [3.63, 3.8) is 0 Å². The van der Waals surface area contributed by atoms with Gasteiger partial charge >= 0.3 is 6.36 Å². The van der Waals surface area contributed by atoms with Crippen LogP contribution in [0.2, 0.25) is 0 Å². The van der Waals surface area contributed by atoms with Crippen LogP contribution in [-0.4, -0.2) is 18.3 Å². The number of halogens is 3. The van der Waals surface area contributed by atoms with Gasteiger partial charge in [0.2, 0.25) is 0 Å². The molecule has 5 heteroatoms. The molecule has 2 radical (unpaired) electrons. The minimum atomic E-state index is -4.61. The second kappa shape index (κ2) is 2.64. The van der Waals surface area contributed by atoms with Gasteiger partial charge in [0, 0.05) is 7.05 Å². The van der Waals surface area contributed by atoms with Crippen molar-refractivity contribution in [2.75, 3.05) is 7.05 Å². The number of hydrogen-bond acceptors (Lipinski definition) is 2. The lowest BCUT2D eigenvalue weighted by Gasteiger charge is -2.16. The van der Waals surface area contributed by atoms with Crippen molar-refractivity contribution < 1.29 is 17.9 Å². The van der Waals surface area contributed by atoms with Crippen molar-refractivity contribution in [2.45, 2.75) is 12.8 Å². The molecule has 1 aliphatic heterocycles. The van der Waals surface area contributed by atoms with Crippen molar-refractivity contribution in [1.82, 2.24) is 4.90 Å². The maximum atomic E-state index is 11.6. The van der Waals surface area contributed by atoms with Crippen LogP contribution < -0.4 is 0 Å². The van der Waals surface area contributed by atoms with Gasteiger partial charge in [-0.2, -0.15) is 0 Å². The molecule has 0 aromatic carbocycles. The highest BCUT2D eigenvalue weighted by atomic mass is 19.4. The first-order valence-corrected chi connectivity index (χ1v) is 2.92. The molecular formula is C6H6F3NO. The summed E-state index contributed by atoms with van der Waals surface area (Å²) in [5, 5.41) is 0. The lowest BCUT2D eigenvalue weighted by molar-refractivity contribution is -0.312. The fourth-order valence-electron chi connectivity index (χ4n) is 0.713. The molecule has 0 aromatic rings. The zero-order valence-corrected chi connectivity index (χ0v) is 5.77. The Hall–Kier alpha value is -0.870. The normalized spacial score (nSPS) is 18.5. The zero-order chi connectivity index (χ0) is 8.48. The molecule has 0 bridgehead atoms. The minimum absolute atomic E-state index is 0.211. The molecule has 0 N–H and O–H groups in total. The lowest BCUT2D eigenvalue weighted by atomic mass is 10.5. The van der Waals surface area contributed by atoms with Gasteiger partial charge in [0.15, 0.2) is 5.88 Å². The summed E-state index contributed by atoms with van der Waals surface area (Å²) >= 11 is 0. The van der Waals surface area contributed by atoms with Gasteiger partial charge in [-0.25, -0.2) is 0 Å². The van der Waals surface area contributed by atoms with Gasteiger partial charge in [-0.05, 0) is 12.5 Å². The Morgan fingerprint density at radius 1 is 1.64 bits per heavy atom. The van der Waals surface area contributed by atoms with E-state index in [9.17, 15) is 13.2 Å². The molecule has 0 aliphatic carbocycles. The summed E-state index contributed by atoms with van der Waals surface area (Å²) < 4.78 is 38.3. The molecular weight excluding hydrogens is 159 g/mol. The van der Waals surface area contributed by atoms with E-state index in [1.165, 1.54) is 18.0 Å². The van der Waals surface area contributed by atoms with E-state index in [0.29, 0.717) is 6.42 Å². The van der Waals surface area contributed by atoms with Gasteiger partial charge in [-0.15, -0.1) is 13.2 Å². The third-order valence-corrected chi connectivity index (χ3v) is 1.16.